The van der Waals surface area contributed by atoms with Crippen LogP contribution in [-0.2, 0) is 52.7 Å². The monoisotopic (exact) mass is 1310 g/mol. The largest absolute Gasteiger partial charge is 0.390 e. The third kappa shape index (κ3) is 24.4. The molecule has 1 fully saturated rings. The van der Waals surface area contributed by atoms with Crippen LogP contribution < -0.4 is 5.32 Å². The topological polar surface area (TPSA) is 246 Å². The van der Waals surface area contributed by atoms with Crippen LogP contribution in [0.4, 0.5) is 13.2 Å². The molecule has 530 valence electrons. The van der Waals surface area contributed by atoms with Gasteiger partial charge in [0.1, 0.15) is 36.3 Å². The maximum atomic E-state index is 15.3. The van der Waals surface area contributed by atoms with Crippen LogP contribution in [0.2, 0.25) is 0 Å². The number of hydrogen-bond acceptors (Lipinski definition) is 13. The summed E-state index contributed by atoms with van der Waals surface area (Å²) in [5.41, 5.74) is 0. The second-order valence-electron chi connectivity index (χ2n) is 29.1. The minimum atomic E-state index is -4.42. The van der Waals surface area contributed by atoms with Gasteiger partial charge in [0.2, 0.25) is 47.3 Å². The van der Waals surface area contributed by atoms with Crippen molar-refractivity contribution in [3.05, 3.63) is 0 Å². The molecule has 92 heavy (non-hydrogen) atoms. The predicted octanol–water partition coefficient (Wildman–Crippen LogP) is 7.24. The Kier molecular flexibility index (Phi) is 34.5. The number of halogens is 3. The molecule has 0 saturated carbocycles. The lowest BCUT2D eigenvalue weighted by Gasteiger charge is -2.42. The summed E-state index contributed by atoms with van der Waals surface area (Å²) >= 11 is 0. The van der Waals surface area contributed by atoms with Gasteiger partial charge in [0.05, 0.1) is 24.6 Å². The maximum absolute atomic E-state index is 15.3. The van der Waals surface area contributed by atoms with Crippen molar-refractivity contribution < 1.29 is 71.0 Å². The predicted molar refractivity (Wildman–Crippen MR) is 350 cm³/mol. The third-order valence-electron chi connectivity index (χ3n) is 18.5. The summed E-state index contributed by atoms with van der Waals surface area (Å²) in [5, 5.41) is 15.1. The fourth-order valence-corrected chi connectivity index (χ4v) is 12.3. The van der Waals surface area contributed by atoms with Crippen LogP contribution in [0.25, 0.3) is 0 Å². The van der Waals surface area contributed by atoms with Crippen LogP contribution in [0, 0.1) is 59.2 Å². The fourth-order valence-electron chi connectivity index (χ4n) is 12.3. The van der Waals surface area contributed by atoms with E-state index in [1.54, 1.807) is 41.5 Å². The van der Waals surface area contributed by atoms with Gasteiger partial charge in [0, 0.05) is 92.9 Å². The van der Waals surface area contributed by atoms with Crippen LogP contribution in [0.3, 0.4) is 0 Å². The van der Waals surface area contributed by atoms with Crippen LogP contribution in [0.15, 0.2) is 0 Å². The van der Waals surface area contributed by atoms with Crippen LogP contribution in [0.5, 0.6) is 0 Å². The minimum Gasteiger partial charge on any atom is -0.390 e. The van der Waals surface area contributed by atoms with Crippen LogP contribution >= 0.6 is 0 Å². The highest BCUT2D eigenvalue weighted by Crippen LogP contribution is 2.30. The van der Waals surface area contributed by atoms with Crippen LogP contribution in [-0.4, -0.2) is 239 Å². The number of aliphatic hydroxyl groups is 1. The molecule has 0 aliphatic carbocycles. The molecular formula is C68H120F3N9O12. The summed E-state index contributed by atoms with van der Waals surface area (Å²) < 4.78 is 39.7. The third-order valence-corrected chi connectivity index (χ3v) is 18.5. The molecule has 0 radical (unpaired) electrons. The van der Waals surface area contributed by atoms with Crippen molar-refractivity contribution in [1.29, 1.82) is 0 Å². The Balaban J connectivity index is 4.41. The number of amides is 8. The van der Waals surface area contributed by atoms with Gasteiger partial charge in [-0.05, 0) is 107 Å². The smallest absolute Gasteiger partial charge is 0.390 e. The average Bonchev–Trinajstić information content (AvgIpc) is 0.835. The lowest BCUT2D eigenvalue weighted by molar-refractivity contribution is -0.157. The van der Waals surface area contributed by atoms with Crippen molar-refractivity contribution in [2.75, 3.05) is 69.5 Å². The SMILES string of the molecule is CC[C@H]1CC(=O)[C@@H]([C@H](O)[C@H](C)CCN(C)CCC(F)(F)F)N(C)C(=O)[C@@H](C(C)C)N(C)C(=O)[C@@H](CC(C)C)N(C)C(=O)[C@@H](CC(C)C)N(C)C(=O)[C@H](C)NC(=O)[C@@H](C)CC(=O)[C@@H](CC(C)C)N(C)C(=O)[C@@H](C(C)C)CC(=O)[C@H](CC(C)C)N(C)C(=O)[C@@H](C)N(C)C1=O. The Morgan fingerprint density at radius 3 is 1.34 bits per heavy atom. The molecule has 0 unspecified atom stereocenters. The quantitative estimate of drug-likeness (QED) is 0.138. The van der Waals surface area contributed by atoms with E-state index in [1.165, 1.54) is 111 Å². The van der Waals surface area contributed by atoms with Crippen molar-refractivity contribution in [3.8, 4) is 0 Å². The number of nitrogens with one attached hydrogen (secondary N) is 1. The van der Waals surface area contributed by atoms with Gasteiger partial charge in [0.15, 0.2) is 17.3 Å². The first-order chi connectivity index (χ1) is 42.2. The summed E-state index contributed by atoms with van der Waals surface area (Å²) in [7, 11) is 11.4. The zero-order chi connectivity index (χ0) is 71.6. The molecule has 2 N–H and O–H groups in total. The van der Waals surface area contributed by atoms with E-state index in [1.807, 2.05) is 55.4 Å². The van der Waals surface area contributed by atoms with Gasteiger partial charge in [-0.2, -0.15) is 13.2 Å². The number of nitrogens with zero attached hydrogens (tertiary/aromatic N) is 8. The molecule has 1 saturated heterocycles. The van der Waals surface area contributed by atoms with E-state index in [0.29, 0.717) is 0 Å². The Hall–Kier alpha value is -5.52. The van der Waals surface area contributed by atoms with Crippen molar-refractivity contribution in [3.63, 3.8) is 0 Å². The van der Waals surface area contributed by atoms with E-state index in [0.717, 1.165) is 4.90 Å². The molecule has 21 nitrogen and oxygen atoms in total. The number of aliphatic hydroxyl groups excluding tert-OH is 1. The number of ketones is 3. The zero-order valence-electron chi connectivity index (χ0n) is 60.6. The zero-order valence-corrected chi connectivity index (χ0v) is 60.6. The second-order valence-corrected chi connectivity index (χ2v) is 29.1. The van der Waals surface area contributed by atoms with Crippen molar-refractivity contribution in [2.24, 2.45) is 59.2 Å². The lowest BCUT2D eigenvalue weighted by atomic mass is 9.84. The molecule has 0 aromatic heterocycles. The van der Waals surface area contributed by atoms with Gasteiger partial charge in [0.25, 0.3) is 0 Å². The number of carbonyl (C=O) groups is 11. The molecule has 0 bridgehead atoms. The summed E-state index contributed by atoms with van der Waals surface area (Å²) in [4.78, 5) is 173. The Bertz CT molecular complexity index is 2490. The normalized spacial score (nSPS) is 27.0. The first kappa shape index (κ1) is 84.5. The fraction of sp³-hybridized carbons (Fsp3) is 0.838. The van der Waals surface area contributed by atoms with E-state index in [2.05, 4.69) is 5.32 Å². The van der Waals surface area contributed by atoms with Gasteiger partial charge in [-0.3, -0.25) is 52.7 Å². The first-order valence-corrected chi connectivity index (χ1v) is 33.4. The van der Waals surface area contributed by atoms with Gasteiger partial charge in [-0.1, -0.05) is 104 Å². The number of hydrogen-bond donors (Lipinski definition) is 2. The molecule has 1 heterocycles. The van der Waals surface area contributed by atoms with E-state index >= 15 is 19.2 Å². The van der Waals surface area contributed by atoms with Crippen LogP contribution in [0.1, 0.15) is 182 Å². The second kappa shape index (κ2) is 37.5. The molecule has 1 aliphatic rings. The van der Waals surface area contributed by atoms with E-state index < -0.39 is 174 Å². The summed E-state index contributed by atoms with van der Waals surface area (Å²) in [6.07, 6.45) is -7.55. The number of alkyl halides is 3. The molecule has 1 rings (SSSR count). The summed E-state index contributed by atoms with van der Waals surface area (Å²) in [5.74, 6) is -12.3. The maximum Gasteiger partial charge on any atom is 0.390 e. The van der Waals surface area contributed by atoms with E-state index in [9.17, 15) is 51.8 Å². The standard InChI is InChI=1S/C68H120F3N9O12/c1-26-48-36-56(83)58(59(84)44(14)27-29-73(18)30-28-68(69,70)71)80(25)67(92)57(43(12)13)79(24)66(91)53(34-41(8)9)78(23)65(90)52(33-40(6)7)77(22)61(86)46(16)72-60(85)45(15)35-54(81)50(31-38(2)3)76(21)64(89)49(42(10)11)37-55(82)51(32-39(4)5)75(20)62(87)47(17)74(19)63(48)88/h38-53,57-59,84H,26-37H2,1-25H3,(H,72,85)/t44-,45+,46+,47-,48+,49-,50-,51+,52-,53-,57-,58+,59-/m1/s1. The van der Waals surface area contributed by atoms with Crippen molar-refractivity contribution >= 4 is 64.6 Å². The molecule has 0 aromatic carbocycles. The van der Waals surface area contributed by atoms with Gasteiger partial charge >= 0.3 is 6.18 Å². The highest BCUT2D eigenvalue weighted by Gasteiger charge is 2.46. The lowest BCUT2D eigenvalue weighted by Crippen LogP contribution is -2.62. The molecular weight excluding hydrogens is 1190 g/mol. The Morgan fingerprint density at radius 1 is 0.489 bits per heavy atom. The molecule has 24 heteroatoms. The number of likely N-dealkylation sites (N-methyl/N-ethyl adjacent to an activating group) is 7. The van der Waals surface area contributed by atoms with Gasteiger partial charge in [-0.15, -0.1) is 0 Å². The Morgan fingerprint density at radius 2 is 0.902 bits per heavy atom. The molecule has 8 amide bonds. The minimum absolute atomic E-state index is 0.0488. The average molecular weight is 1310 g/mol. The molecule has 0 aromatic rings. The molecule has 1 aliphatic heterocycles. The van der Waals surface area contributed by atoms with Gasteiger partial charge < -0.3 is 49.6 Å². The van der Waals surface area contributed by atoms with Crippen molar-refractivity contribution in [2.45, 2.75) is 243 Å². The van der Waals surface area contributed by atoms with E-state index in [4.69, 9.17) is 0 Å². The highest BCUT2D eigenvalue weighted by atomic mass is 19.4. The number of rotatable bonds is 18. The Labute approximate surface area is 549 Å². The van der Waals surface area contributed by atoms with Crippen molar-refractivity contribution in [1.82, 2.24) is 44.5 Å². The highest BCUT2D eigenvalue weighted by molar-refractivity contribution is 6.00. The molecule has 0 spiro atoms. The number of Topliss-reactive ketones (excluding diaryl/α,β-unsaturated/α-hetero) is 3. The summed E-state index contributed by atoms with van der Waals surface area (Å²) in [6.45, 7) is 29.3. The molecule has 13 atom stereocenters. The summed E-state index contributed by atoms with van der Waals surface area (Å²) in [6, 6.07) is -9.89. The first-order valence-electron chi connectivity index (χ1n) is 33.4. The number of carbonyl (C=O) groups excluding carboxylic acids is 11. The van der Waals surface area contributed by atoms with E-state index in [-0.39, 0.29) is 88.1 Å². The van der Waals surface area contributed by atoms with Gasteiger partial charge in [-0.25, -0.2) is 0 Å².